The van der Waals surface area contributed by atoms with Crippen molar-refractivity contribution < 1.29 is 0 Å². The third kappa shape index (κ3) is 3.25. The van der Waals surface area contributed by atoms with Gasteiger partial charge < -0.3 is 4.90 Å². The maximum atomic E-state index is 4.85. The average molecular weight is 372 g/mol. The minimum atomic E-state index is 0.216. The third-order valence-electron chi connectivity index (χ3n) is 7.30. The zero-order valence-corrected chi connectivity index (χ0v) is 16.8. The summed E-state index contributed by atoms with van der Waals surface area (Å²) < 4.78 is 0. The molecule has 0 aromatic carbocycles. The maximum absolute atomic E-state index is 4.85. The standard InChI is InChI=1S/C25H29N3/c1-19-5-6-21(24(27-19)17-20-8-13-26-14-9-20)7-12-25(22-3-2-4-22)18-28-15-10-23(25)11-16-28/h5-6,8-9,13-14,22-23H,2-4,10-11,15-18H2,1H3. The van der Waals surface area contributed by atoms with E-state index in [9.17, 15) is 0 Å². The second kappa shape index (κ2) is 7.33. The van der Waals surface area contributed by atoms with E-state index in [4.69, 9.17) is 4.98 Å². The largest absolute Gasteiger partial charge is 0.302 e. The monoisotopic (exact) mass is 371 g/mol. The molecule has 3 heteroatoms. The Morgan fingerprint density at radius 1 is 1.04 bits per heavy atom. The van der Waals surface area contributed by atoms with Crippen molar-refractivity contribution in [1.29, 1.82) is 0 Å². The van der Waals surface area contributed by atoms with Crippen LogP contribution in [-0.4, -0.2) is 34.5 Å². The first-order valence-corrected chi connectivity index (χ1v) is 10.8. The van der Waals surface area contributed by atoms with Gasteiger partial charge in [-0.25, -0.2) is 0 Å². The van der Waals surface area contributed by atoms with Crippen LogP contribution in [0.3, 0.4) is 0 Å². The van der Waals surface area contributed by atoms with Crippen molar-refractivity contribution >= 4 is 0 Å². The van der Waals surface area contributed by atoms with Crippen LogP contribution >= 0.6 is 0 Å². The molecule has 1 atom stereocenters. The first-order chi connectivity index (χ1) is 13.7. The topological polar surface area (TPSA) is 29.0 Å². The molecular formula is C25H29N3. The highest BCUT2D eigenvalue weighted by atomic mass is 15.2. The lowest BCUT2D eigenvalue weighted by Gasteiger charge is -2.56. The lowest BCUT2D eigenvalue weighted by Crippen LogP contribution is -2.58. The molecule has 1 unspecified atom stereocenters. The Kier molecular flexibility index (Phi) is 4.69. The average Bonchev–Trinajstić information content (AvgIpc) is 2.68. The molecule has 5 heterocycles. The number of fused-ring (bicyclic) bond motifs is 3. The Morgan fingerprint density at radius 3 is 2.43 bits per heavy atom. The molecule has 3 nitrogen and oxygen atoms in total. The van der Waals surface area contributed by atoms with Crippen LogP contribution in [0.5, 0.6) is 0 Å². The highest BCUT2D eigenvalue weighted by Crippen LogP contribution is 2.53. The van der Waals surface area contributed by atoms with Crippen LogP contribution in [0.15, 0.2) is 36.7 Å². The van der Waals surface area contributed by atoms with Crippen molar-refractivity contribution in [3.63, 3.8) is 0 Å². The van der Waals surface area contributed by atoms with Crippen LogP contribution in [0.4, 0.5) is 0 Å². The Balaban J connectivity index is 1.50. The van der Waals surface area contributed by atoms with Gasteiger partial charge in [0, 0.05) is 36.6 Å². The first-order valence-electron chi connectivity index (χ1n) is 10.8. The van der Waals surface area contributed by atoms with E-state index in [2.05, 4.69) is 52.9 Å². The van der Waals surface area contributed by atoms with E-state index < -0.39 is 0 Å². The molecule has 4 fully saturated rings. The van der Waals surface area contributed by atoms with Gasteiger partial charge in [0.15, 0.2) is 0 Å². The van der Waals surface area contributed by atoms with Gasteiger partial charge >= 0.3 is 0 Å². The van der Waals surface area contributed by atoms with E-state index in [1.165, 1.54) is 57.3 Å². The normalized spacial score (nSPS) is 29.0. The molecule has 28 heavy (non-hydrogen) atoms. The molecule has 0 N–H and O–H groups in total. The van der Waals surface area contributed by atoms with Crippen molar-refractivity contribution in [3.8, 4) is 11.8 Å². The smallest absolute Gasteiger partial charge is 0.0606 e. The molecule has 2 aromatic rings. The molecule has 2 aromatic heterocycles. The minimum absolute atomic E-state index is 0.216. The van der Waals surface area contributed by atoms with Gasteiger partial charge in [0.25, 0.3) is 0 Å². The van der Waals surface area contributed by atoms with Gasteiger partial charge in [-0.3, -0.25) is 9.97 Å². The lowest BCUT2D eigenvalue weighted by molar-refractivity contribution is -0.0502. The third-order valence-corrected chi connectivity index (χ3v) is 7.30. The zero-order valence-electron chi connectivity index (χ0n) is 16.8. The van der Waals surface area contributed by atoms with Crippen molar-refractivity contribution in [2.45, 2.75) is 45.4 Å². The van der Waals surface area contributed by atoms with E-state index in [1.807, 2.05) is 12.4 Å². The van der Waals surface area contributed by atoms with E-state index in [-0.39, 0.29) is 5.41 Å². The summed E-state index contributed by atoms with van der Waals surface area (Å²) in [5.41, 5.74) is 4.73. The van der Waals surface area contributed by atoms with Crippen molar-refractivity contribution in [2.24, 2.45) is 17.3 Å². The summed E-state index contributed by atoms with van der Waals surface area (Å²) in [4.78, 5) is 11.7. The second-order valence-electron chi connectivity index (χ2n) is 8.95. The summed E-state index contributed by atoms with van der Waals surface area (Å²) in [6.07, 6.45) is 11.3. The summed E-state index contributed by atoms with van der Waals surface area (Å²) in [5.74, 6) is 9.13. The number of hydrogen-bond donors (Lipinski definition) is 0. The quantitative estimate of drug-likeness (QED) is 0.756. The van der Waals surface area contributed by atoms with Gasteiger partial charge in [-0.1, -0.05) is 18.3 Å². The Labute approximate surface area is 168 Å². The van der Waals surface area contributed by atoms with Crippen molar-refractivity contribution in [3.05, 3.63) is 59.2 Å². The number of hydrogen-bond acceptors (Lipinski definition) is 3. The fraction of sp³-hybridized carbons (Fsp3) is 0.520. The van der Waals surface area contributed by atoms with Crippen LogP contribution in [0.1, 0.15) is 54.6 Å². The van der Waals surface area contributed by atoms with Crippen LogP contribution in [0.25, 0.3) is 0 Å². The molecule has 1 saturated carbocycles. The molecule has 3 saturated heterocycles. The highest BCUT2D eigenvalue weighted by molar-refractivity contribution is 5.42. The van der Waals surface area contributed by atoms with Crippen molar-refractivity contribution in [2.75, 3.05) is 19.6 Å². The summed E-state index contributed by atoms with van der Waals surface area (Å²) in [6, 6.07) is 8.43. The van der Waals surface area contributed by atoms with E-state index >= 15 is 0 Å². The van der Waals surface area contributed by atoms with Crippen LogP contribution in [-0.2, 0) is 6.42 Å². The maximum Gasteiger partial charge on any atom is 0.0606 e. The van der Waals surface area contributed by atoms with Gasteiger partial charge in [0.05, 0.1) is 11.1 Å². The van der Waals surface area contributed by atoms with Gasteiger partial charge in [-0.15, -0.1) is 0 Å². The summed E-state index contributed by atoms with van der Waals surface area (Å²) >= 11 is 0. The number of aryl methyl sites for hydroxylation is 1. The first kappa shape index (κ1) is 17.9. The fourth-order valence-electron chi connectivity index (χ4n) is 5.47. The van der Waals surface area contributed by atoms with Gasteiger partial charge in [-0.05, 0) is 87.4 Å². The number of piperidine rings is 3. The molecule has 4 aliphatic rings. The van der Waals surface area contributed by atoms with Crippen LogP contribution in [0.2, 0.25) is 0 Å². The number of nitrogens with zero attached hydrogens (tertiary/aromatic N) is 3. The van der Waals surface area contributed by atoms with Crippen molar-refractivity contribution in [1.82, 2.24) is 14.9 Å². The molecular weight excluding hydrogens is 342 g/mol. The fourth-order valence-corrected chi connectivity index (χ4v) is 5.47. The minimum Gasteiger partial charge on any atom is -0.302 e. The second-order valence-corrected chi connectivity index (χ2v) is 8.95. The summed E-state index contributed by atoms with van der Waals surface area (Å²) in [5, 5.41) is 0. The van der Waals surface area contributed by atoms with Crippen LogP contribution in [0, 0.1) is 36.0 Å². The molecule has 3 aliphatic heterocycles. The lowest BCUT2D eigenvalue weighted by atomic mass is 9.55. The number of pyridine rings is 2. The highest BCUT2D eigenvalue weighted by Gasteiger charge is 2.51. The molecule has 0 spiro atoms. The summed E-state index contributed by atoms with van der Waals surface area (Å²) in [6.45, 7) is 5.81. The zero-order chi connectivity index (χ0) is 19.0. The SMILES string of the molecule is Cc1ccc(C#CC2(C3CCC3)CN3CCC2CC3)c(Cc2ccncc2)n1. The molecule has 144 valence electrons. The summed E-state index contributed by atoms with van der Waals surface area (Å²) in [7, 11) is 0. The van der Waals surface area contributed by atoms with E-state index in [1.54, 1.807) is 0 Å². The molecule has 0 amide bonds. The molecule has 6 rings (SSSR count). The van der Waals surface area contributed by atoms with E-state index in [0.717, 1.165) is 35.2 Å². The van der Waals surface area contributed by atoms with Gasteiger partial charge in [-0.2, -0.15) is 0 Å². The number of aromatic nitrogens is 2. The Hall–Kier alpha value is -2.18. The van der Waals surface area contributed by atoms with Crippen LogP contribution < -0.4 is 0 Å². The van der Waals surface area contributed by atoms with Gasteiger partial charge in [0.1, 0.15) is 0 Å². The van der Waals surface area contributed by atoms with E-state index in [0.29, 0.717) is 0 Å². The predicted octanol–water partition coefficient (Wildman–Crippen LogP) is 4.24. The Morgan fingerprint density at radius 2 is 1.79 bits per heavy atom. The molecule has 0 radical (unpaired) electrons. The Bertz CT molecular complexity index is 898. The number of rotatable bonds is 3. The van der Waals surface area contributed by atoms with Gasteiger partial charge in [0.2, 0.25) is 0 Å². The predicted molar refractivity (Wildman–Crippen MR) is 112 cm³/mol. The molecule has 2 bridgehead atoms. The molecule has 1 aliphatic carbocycles.